The molecule has 0 saturated carbocycles. The summed E-state index contributed by atoms with van der Waals surface area (Å²) in [6.07, 6.45) is 3.28. The third-order valence-corrected chi connectivity index (χ3v) is 2.86. The van der Waals surface area contributed by atoms with E-state index in [4.69, 9.17) is 10.5 Å². The van der Waals surface area contributed by atoms with Crippen LogP contribution < -0.4 is 10.5 Å². The summed E-state index contributed by atoms with van der Waals surface area (Å²) in [5, 5.41) is 0.742. The number of ether oxygens (including phenoxy) is 1. The molecular weight excluding hydrogens is 261 g/mol. The second-order valence-corrected chi connectivity index (χ2v) is 4.16. The van der Waals surface area contributed by atoms with Gasteiger partial charge in [-0.15, -0.1) is 0 Å². The maximum absolute atomic E-state index is 13.9. The fraction of sp³-hybridized carbons (Fsp3) is 0. The smallest absolute Gasteiger partial charge is 0.248 e. The zero-order valence-electron chi connectivity index (χ0n) is 10.3. The van der Waals surface area contributed by atoms with Crippen molar-refractivity contribution >= 4 is 16.9 Å². The molecule has 20 heavy (non-hydrogen) atoms. The maximum atomic E-state index is 13.9. The van der Waals surface area contributed by atoms with Crippen LogP contribution in [-0.4, -0.2) is 15.9 Å². The van der Waals surface area contributed by atoms with Crippen molar-refractivity contribution in [1.82, 2.24) is 9.97 Å². The number of benzene rings is 1. The van der Waals surface area contributed by atoms with E-state index in [1.165, 1.54) is 12.1 Å². The number of carbonyl (C=O) groups excluding carboxylic acids is 1. The van der Waals surface area contributed by atoms with Gasteiger partial charge in [0.2, 0.25) is 5.91 Å². The first-order chi connectivity index (χ1) is 9.65. The second kappa shape index (κ2) is 4.65. The summed E-state index contributed by atoms with van der Waals surface area (Å²) in [7, 11) is 0. The Labute approximate surface area is 113 Å². The maximum Gasteiger partial charge on any atom is 0.248 e. The molecule has 0 bridgehead atoms. The first-order valence-corrected chi connectivity index (χ1v) is 5.84. The summed E-state index contributed by atoms with van der Waals surface area (Å²) in [6.45, 7) is 0. The van der Waals surface area contributed by atoms with E-state index in [9.17, 15) is 9.18 Å². The Hall–Kier alpha value is -2.89. The molecular formula is C14H10FN3O2. The number of hydrogen-bond acceptors (Lipinski definition) is 3. The number of aromatic nitrogens is 2. The lowest BCUT2D eigenvalue weighted by Crippen LogP contribution is -2.11. The van der Waals surface area contributed by atoms with Crippen LogP contribution in [0.3, 0.4) is 0 Å². The molecule has 1 amide bonds. The zero-order valence-corrected chi connectivity index (χ0v) is 10.3. The van der Waals surface area contributed by atoms with Crippen molar-refractivity contribution in [3.8, 4) is 11.5 Å². The van der Waals surface area contributed by atoms with E-state index < -0.39 is 11.7 Å². The number of H-pyrrole nitrogens is 1. The van der Waals surface area contributed by atoms with E-state index in [2.05, 4.69) is 9.97 Å². The van der Waals surface area contributed by atoms with Crippen LogP contribution in [-0.2, 0) is 0 Å². The summed E-state index contributed by atoms with van der Waals surface area (Å²) >= 11 is 0. The molecule has 3 rings (SSSR count). The van der Waals surface area contributed by atoms with Gasteiger partial charge in [-0.2, -0.15) is 0 Å². The number of pyridine rings is 1. The van der Waals surface area contributed by atoms with E-state index in [0.29, 0.717) is 11.4 Å². The summed E-state index contributed by atoms with van der Waals surface area (Å²) in [6, 6.07) is 7.25. The highest BCUT2D eigenvalue weighted by atomic mass is 19.1. The molecule has 3 aromatic rings. The molecule has 2 heterocycles. The number of nitrogens with two attached hydrogens (primary N) is 1. The third kappa shape index (κ3) is 2.07. The summed E-state index contributed by atoms with van der Waals surface area (Å²) in [5.41, 5.74) is 5.83. The van der Waals surface area contributed by atoms with Gasteiger partial charge in [-0.25, -0.2) is 9.37 Å². The van der Waals surface area contributed by atoms with Gasteiger partial charge in [0.1, 0.15) is 11.4 Å². The van der Waals surface area contributed by atoms with Crippen LogP contribution in [0.4, 0.5) is 4.39 Å². The Kier molecular flexibility index (Phi) is 2.83. The third-order valence-electron chi connectivity index (χ3n) is 2.86. The monoisotopic (exact) mass is 271 g/mol. The number of carbonyl (C=O) groups is 1. The van der Waals surface area contributed by atoms with E-state index in [1.54, 1.807) is 24.5 Å². The quantitative estimate of drug-likeness (QED) is 0.768. The molecule has 2 aromatic heterocycles. The van der Waals surface area contributed by atoms with Gasteiger partial charge in [0.25, 0.3) is 0 Å². The van der Waals surface area contributed by atoms with Gasteiger partial charge in [0, 0.05) is 18.0 Å². The molecule has 5 nitrogen and oxygen atoms in total. The number of aromatic amines is 1. The normalized spacial score (nSPS) is 10.7. The molecule has 0 aliphatic carbocycles. The van der Waals surface area contributed by atoms with E-state index in [0.717, 1.165) is 11.5 Å². The first-order valence-electron chi connectivity index (χ1n) is 5.84. The molecule has 6 heteroatoms. The molecule has 3 N–H and O–H groups in total. The van der Waals surface area contributed by atoms with Crippen LogP contribution in [0.5, 0.6) is 11.5 Å². The average molecular weight is 271 g/mol. The van der Waals surface area contributed by atoms with Crippen LogP contribution in [0.2, 0.25) is 0 Å². The minimum absolute atomic E-state index is 0.0173. The van der Waals surface area contributed by atoms with Crippen LogP contribution in [0.15, 0.2) is 42.7 Å². The highest BCUT2D eigenvalue weighted by molar-refractivity contribution is 5.92. The average Bonchev–Trinajstić information content (AvgIpc) is 2.90. The van der Waals surface area contributed by atoms with Crippen molar-refractivity contribution in [3.63, 3.8) is 0 Å². The molecule has 0 fully saturated rings. The number of rotatable bonds is 3. The van der Waals surface area contributed by atoms with Crippen LogP contribution in [0, 0.1) is 5.82 Å². The summed E-state index contributed by atoms with van der Waals surface area (Å²) in [5.74, 6) is -0.847. The zero-order chi connectivity index (χ0) is 14.1. The number of nitrogens with zero attached hydrogens (tertiary/aromatic N) is 1. The molecule has 0 atom stereocenters. The van der Waals surface area contributed by atoms with Crippen molar-refractivity contribution in [2.45, 2.75) is 0 Å². The molecule has 0 unspecified atom stereocenters. The molecule has 0 aliphatic rings. The Bertz CT molecular complexity index is 798. The lowest BCUT2D eigenvalue weighted by molar-refractivity contribution is 0.1000. The Morgan fingerprint density at radius 2 is 2.10 bits per heavy atom. The summed E-state index contributed by atoms with van der Waals surface area (Å²) in [4.78, 5) is 18.0. The Balaban J connectivity index is 1.99. The first kappa shape index (κ1) is 12.2. The number of hydrogen-bond donors (Lipinski definition) is 2. The number of primary amides is 1. The van der Waals surface area contributed by atoms with Crippen LogP contribution in [0.25, 0.3) is 11.0 Å². The predicted molar refractivity (Wildman–Crippen MR) is 71.1 cm³/mol. The van der Waals surface area contributed by atoms with Gasteiger partial charge in [-0.1, -0.05) is 0 Å². The molecule has 100 valence electrons. The molecule has 1 aromatic carbocycles. The molecule has 0 aliphatic heterocycles. The molecule has 0 spiro atoms. The van der Waals surface area contributed by atoms with Gasteiger partial charge in [0.05, 0.1) is 5.39 Å². The topological polar surface area (TPSA) is 81.0 Å². The van der Waals surface area contributed by atoms with Crippen molar-refractivity contribution in [2.24, 2.45) is 5.73 Å². The number of amides is 1. The fourth-order valence-corrected chi connectivity index (χ4v) is 1.88. The van der Waals surface area contributed by atoms with Gasteiger partial charge < -0.3 is 15.5 Å². The largest absolute Gasteiger partial charge is 0.453 e. The van der Waals surface area contributed by atoms with Gasteiger partial charge in [-0.05, 0) is 30.3 Å². The minimum atomic E-state index is -0.688. The second-order valence-electron chi connectivity index (χ2n) is 4.16. The SMILES string of the molecule is NC(=O)c1ccc(Oc2ccnc3[nH]ccc23)c(F)c1. The number of halogens is 1. The van der Waals surface area contributed by atoms with E-state index >= 15 is 0 Å². The number of nitrogens with one attached hydrogen (secondary N) is 1. The molecule has 0 saturated heterocycles. The van der Waals surface area contributed by atoms with Crippen molar-refractivity contribution in [1.29, 1.82) is 0 Å². The molecule has 0 radical (unpaired) electrons. The van der Waals surface area contributed by atoms with Gasteiger partial charge in [-0.3, -0.25) is 4.79 Å². The Morgan fingerprint density at radius 1 is 1.25 bits per heavy atom. The van der Waals surface area contributed by atoms with Gasteiger partial charge >= 0.3 is 0 Å². The predicted octanol–water partition coefficient (Wildman–Crippen LogP) is 2.59. The standard InChI is InChI=1S/C14H10FN3O2/c15-10-7-8(13(16)19)1-2-12(10)20-11-4-6-18-14-9(11)3-5-17-14/h1-7H,(H2,16,19)(H,17,18). The van der Waals surface area contributed by atoms with Crippen molar-refractivity contribution in [2.75, 3.05) is 0 Å². The van der Waals surface area contributed by atoms with Crippen LogP contribution in [0.1, 0.15) is 10.4 Å². The Morgan fingerprint density at radius 3 is 2.85 bits per heavy atom. The van der Waals surface area contributed by atoms with Gasteiger partial charge in [0.15, 0.2) is 11.6 Å². The van der Waals surface area contributed by atoms with E-state index in [1.807, 2.05) is 0 Å². The fourth-order valence-electron chi connectivity index (χ4n) is 1.88. The highest BCUT2D eigenvalue weighted by Gasteiger charge is 2.11. The number of fused-ring (bicyclic) bond motifs is 1. The van der Waals surface area contributed by atoms with Crippen molar-refractivity contribution < 1.29 is 13.9 Å². The summed E-state index contributed by atoms with van der Waals surface area (Å²) < 4.78 is 19.4. The highest BCUT2D eigenvalue weighted by Crippen LogP contribution is 2.30. The van der Waals surface area contributed by atoms with Crippen molar-refractivity contribution in [3.05, 3.63) is 54.1 Å². The lowest BCUT2D eigenvalue weighted by Gasteiger charge is -2.08. The van der Waals surface area contributed by atoms with E-state index in [-0.39, 0.29) is 11.3 Å². The lowest BCUT2D eigenvalue weighted by atomic mass is 10.2. The minimum Gasteiger partial charge on any atom is -0.453 e. The van der Waals surface area contributed by atoms with Crippen LogP contribution >= 0.6 is 0 Å².